The van der Waals surface area contributed by atoms with Crippen LogP contribution in [0.3, 0.4) is 0 Å². The number of aromatic hydroxyl groups is 1. The van der Waals surface area contributed by atoms with Gasteiger partial charge in [-0.15, -0.1) is 0 Å². The Morgan fingerprint density at radius 3 is 2.29 bits per heavy atom. The summed E-state index contributed by atoms with van der Waals surface area (Å²) in [4.78, 5) is 0. The monoisotopic (exact) mass is 292 g/mol. The van der Waals surface area contributed by atoms with Gasteiger partial charge in [-0.05, 0) is 29.3 Å². The number of hydrogen-bond donors (Lipinski definition) is 2. The fraction of sp³-hybridized carbons (Fsp3) is 0.143. The fourth-order valence-electron chi connectivity index (χ4n) is 1.71. The predicted molar refractivity (Wildman–Crippen MR) is 70.9 cm³/mol. The van der Waals surface area contributed by atoms with E-state index in [0.717, 1.165) is 15.6 Å². The molecular formula is C14H13BrO2. The van der Waals surface area contributed by atoms with Crippen molar-refractivity contribution >= 4 is 15.9 Å². The number of benzene rings is 2. The van der Waals surface area contributed by atoms with Crippen LogP contribution in [-0.4, -0.2) is 10.2 Å². The molecule has 2 aromatic rings. The van der Waals surface area contributed by atoms with Gasteiger partial charge in [0, 0.05) is 10.9 Å². The van der Waals surface area contributed by atoms with Crippen LogP contribution < -0.4 is 0 Å². The van der Waals surface area contributed by atoms with E-state index in [2.05, 4.69) is 15.9 Å². The van der Waals surface area contributed by atoms with Crippen molar-refractivity contribution in [3.63, 3.8) is 0 Å². The van der Waals surface area contributed by atoms with Crippen molar-refractivity contribution in [2.45, 2.75) is 12.5 Å². The minimum Gasteiger partial charge on any atom is -0.508 e. The molecular weight excluding hydrogens is 280 g/mol. The van der Waals surface area contributed by atoms with Crippen LogP contribution >= 0.6 is 15.9 Å². The third kappa shape index (κ3) is 3.08. The molecule has 2 aromatic carbocycles. The average Bonchev–Trinajstić information content (AvgIpc) is 2.32. The zero-order valence-corrected chi connectivity index (χ0v) is 10.8. The second-order valence-corrected chi connectivity index (χ2v) is 4.76. The number of phenols is 1. The molecule has 0 aromatic heterocycles. The van der Waals surface area contributed by atoms with E-state index in [0.29, 0.717) is 6.42 Å². The minimum atomic E-state index is -0.546. The molecule has 1 atom stereocenters. The molecule has 0 heterocycles. The van der Waals surface area contributed by atoms with Crippen LogP contribution in [0.5, 0.6) is 5.75 Å². The van der Waals surface area contributed by atoms with E-state index >= 15 is 0 Å². The summed E-state index contributed by atoms with van der Waals surface area (Å²) in [5.74, 6) is 0.240. The van der Waals surface area contributed by atoms with Gasteiger partial charge in [-0.2, -0.15) is 0 Å². The summed E-state index contributed by atoms with van der Waals surface area (Å²) in [5.41, 5.74) is 1.87. The molecule has 0 saturated heterocycles. The van der Waals surface area contributed by atoms with E-state index in [4.69, 9.17) is 0 Å². The summed E-state index contributed by atoms with van der Waals surface area (Å²) in [6, 6.07) is 14.5. The molecule has 0 aliphatic carbocycles. The normalized spacial score (nSPS) is 12.4. The van der Waals surface area contributed by atoms with Crippen LogP contribution in [0.15, 0.2) is 53.0 Å². The number of hydrogen-bond acceptors (Lipinski definition) is 2. The van der Waals surface area contributed by atoms with Crippen molar-refractivity contribution < 1.29 is 10.2 Å². The highest BCUT2D eigenvalue weighted by Crippen LogP contribution is 2.26. The van der Waals surface area contributed by atoms with Crippen molar-refractivity contribution in [1.82, 2.24) is 0 Å². The Morgan fingerprint density at radius 2 is 1.65 bits per heavy atom. The Morgan fingerprint density at radius 1 is 1.00 bits per heavy atom. The largest absolute Gasteiger partial charge is 0.508 e. The van der Waals surface area contributed by atoms with E-state index < -0.39 is 6.10 Å². The standard InChI is InChI=1S/C14H13BrO2/c15-13-4-2-1-3-12(13)14(17)9-10-5-7-11(16)8-6-10/h1-8,14,16-17H,9H2. The molecule has 2 rings (SSSR count). The first-order valence-corrected chi connectivity index (χ1v) is 6.16. The van der Waals surface area contributed by atoms with Gasteiger partial charge in [0.2, 0.25) is 0 Å². The second kappa shape index (κ2) is 5.34. The van der Waals surface area contributed by atoms with Gasteiger partial charge in [-0.1, -0.05) is 46.3 Å². The van der Waals surface area contributed by atoms with Crippen LogP contribution in [0.4, 0.5) is 0 Å². The molecule has 88 valence electrons. The molecule has 0 amide bonds. The summed E-state index contributed by atoms with van der Waals surface area (Å²) in [6.07, 6.45) is -0.0155. The predicted octanol–water partition coefficient (Wildman–Crippen LogP) is 3.43. The molecule has 2 nitrogen and oxygen atoms in total. The second-order valence-electron chi connectivity index (χ2n) is 3.91. The van der Waals surface area contributed by atoms with Gasteiger partial charge in [-0.25, -0.2) is 0 Å². The first kappa shape index (κ1) is 12.1. The van der Waals surface area contributed by atoms with Crippen LogP contribution in [0.1, 0.15) is 17.2 Å². The van der Waals surface area contributed by atoms with Gasteiger partial charge >= 0.3 is 0 Å². The topological polar surface area (TPSA) is 40.5 Å². The van der Waals surface area contributed by atoms with Crippen molar-refractivity contribution in [1.29, 1.82) is 0 Å². The maximum atomic E-state index is 10.1. The lowest BCUT2D eigenvalue weighted by Gasteiger charge is -2.12. The van der Waals surface area contributed by atoms with E-state index in [-0.39, 0.29) is 5.75 Å². The van der Waals surface area contributed by atoms with Crippen LogP contribution in [0.2, 0.25) is 0 Å². The minimum absolute atomic E-state index is 0.240. The number of rotatable bonds is 3. The van der Waals surface area contributed by atoms with E-state index in [1.165, 1.54) is 0 Å². The van der Waals surface area contributed by atoms with Gasteiger partial charge in [-0.3, -0.25) is 0 Å². The molecule has 3 heteroatoms. The maximum Gasteiger partial charge on any atom is 0.115 e. The van der Waals surface area contributed by atoms with Crippen LogP contribution in [0, 0.1) is 0 Å². The first-order valence-electron chi connectivity index (χ1n) is 5.37. The summed E-state index contributed by atoms with van der Waals surface area (Å²) < 4.78 is 0.909. The van der Waals surface area contributed by atoms with Gasteiger partial charge in [0.25, 0.3) is 0 Å². The lowest BCUT2D eigenvalue weighted by molar-refractivity contribution is 0.177. The van der Waals surface area contributed by atoms with E-state index in [9.17, 15) is 10.2 Å². The van der Waals surface area contributed by atoms with E-state index in [1.807, 2.05) is 36.4 Å². The van der Waals surface area contributed by atoms with Gasteiger partial charge in [0.1, 0.15) is 5.75 Å². The van der Waals surface area contributed by atoms with Crippen molar-refractivity contribution in [2.24, 2.45) is 0 Å². The van der Waals surface area contributed by atoms with Gasteiger partial charge in [0.05, 0.1) is 6.10 Å². The summed E-state index contributed by atoms with van der Waals surface area (Å²) in [7, 11) is 0. The smallest absolute Gasteiger partial charge is 0.115 e. The lowest BCUT2D eigenvalue weighted by atomic mass is 10.0. The number of phenolic OH excluding ortho intramolecular Hbond substituents is 1. The molecule has 0 saturated carbocycles. The lowest BCUT2D eigenvalue weighted by Crippen LogP contribution is -2.02. The Hall–Kier alpha value is -1.32. The Labute approximate surface area is 109 Å². The number of aliphatic hydroxyl groups is 1. The molecule has 0 spiro atoms. The summed E-state index contributed by atoms with van der Waals surface area (Å²) in [6.45, 7) is 0. The highest BCUT2D eigenvalue weighted by atomic mass is 79.9. The molecule has 0 fully saturated rings. The van der Waals surface area contributed by atoms with Crippen molar-refractivity contribution in [3.05, 3.63) is 64.1 Å². The fourth-order valence-corrected chi connectivity index (χ4v) is 2.26. The van der Waals surface area contributed by atoms with Gasteiger partial charge < -0.3 is 10.2 Å². The Kier molecular flexibility index (Phi) is 3.82. The van der Waals surface area contributed by atoms with E-state index in [1.54, 1.807) is 12.1 Å². The summed E-state index contributed by atoms with van der Waals surface area (Å²) in [5, 5.41) is 19.3. The highest BCUT2D eigenvalue weighted by molar-refractivity contribution is 9.10. The SMILES string of the molecule is Oc1ccc(CC(O)c2ccccc2Br)cc1. The van der Waals surface area contributed by atoms with Crippen molar-refractivity contribution in [3.8, 4) is 5.75 Å². The molecule has 1 unspecified atom stereocenters. The maximum absolute atomic E-state index is 10.1. The highest BCUT2D eigenvalue weighted by Gasteiger charge is 2.11. The third-order valence-corrected chi connectivity index (χ3v) is 3.35. The molecule has 0 radical (unpaired) electrons. The molecule has 0 bridgehead atoms. The first-order chi connectivity index (χ1) is 8.16. The summed E-state index contributed by atoms with van der Waals surface area (Å²) >= 11 is 3.42. The molecule has 0 aliphatic heterocycles. The molecule has 17 heavy (non-hydrogen) atoms. The van der Waals surface area contributed by atoms with Gasteiger partial charge in [0.15, 0.2) is 0 Å². The third-order valence-electron chi connectivity index (χ3n) is 2.63. The quantitative estimate of drug-likeness (QED) is 0.910. The number of aliphatic hydroxyl groups excluding tert-OH is 1. The zero-order valence-electron chi connectivity index (χ0n) is 9.18. The van der Waals surface area contributed by atoms with Crippen LogP contribution in [0.25, 0.3) is 0 Å². The van der Waals surface area contributed by atoms with Crippen molar-refractivity contribution in [2.75, 3.05) is 0 Å². The Balaban J connectivity index is 2.14. The zero-order chi connectivity index (χ0) is 12.3. The average molecular weight is 293 g/mol. The molecule has 0 aliphatic rings. The Bertz CT molecular complexity index is 494. The van der Waals surface area contributed by atoms with Crippen LogP contribution in [-0.2, 0) is 6.42 Å². The molecule has 2 N–H and O–H groups in total. The number of halogens is 1.